The second kappa shape index (κ2) is 10.6. The number of anilines is 1. The molecule has 0 saturated heterocycles. The molecule has 2 N–H and O–H groups in total. The zero-order valence-corrected chi connectivity index (χ0v) is 20.3. The van der Waals surface area contributed by atoms with Crippen molar-refractivity contribution in [1.82, 2.24) is 0 Å². The third-order valence-corrected chi connectivity index (χ3v) is 6.35. The molecule has 0 bridgehead atoms. The van der Waals surface area contributed by atoms with Crippen LogP contribution in [0.5, 0.6) is 0 Å². The maximum Gasteiger partial charge on any atom is 0.261 e. The number of aliphatic hydroxyl groups is 1. The van der Waals surface area contributed by atoms with E-state index < -0.39 is 11.5 Å². The predicted octanol–water partition coefficient (Wildman–Crippen LogP) is 6.15. The largest absolute Gasteiger partial charge is 0.375 e. The van der Waals surface area contributed by atoms with Crippen molar-refractivity contribution in [1.29, 1.82) is 5.26 Å². The van der Waals surface area contributed by atoms with Crippen LogP contribution in [0.1, 0.15) is 34.0 Å². The van der Waals surface area contributed by atoms with Crippen molar-refractivity contribution >= 4 is 29.0 Å². The molecule has 4 aromatic carbocycles. The van der Waals surface area contributed by atoms with E-state index in [9.17, 15) is 14.7 Å². The van der Waals surface area contributed by atoms with Gasteiger partial charge in [-0.1, -0.05) is 90.5 Å². The molecular formula is C30H23ClN2O3. The first-order valence-electron chi connectivity index (χ1n) is 11.3. The van der Waals surface area contributed by atoms with Crippen molar-refractivity contribution < 1.29 is 14.7 Å². The summed E-state index contributed by atoms with van der Waals surface area (Å²) >= 11 is 6.14. The Hall–Kier alpha value is -4.24. The molecule has 4 rings (SSSR count). The molecule has 0 saturated carbocycles. The molecule has 1 amide bonds. The van der Waals surface area contributed by atoms with Crippen molar-refractivity contribution in [2.45, 2.75) is 18.9 Å². The van der Waals surface area contributed by atoms with E-state index in [2.05, 4.69) is 5.32 Å². The second-order valence-electron chi connectivity index (χ2n) is 8.45. The minimum Gasteiger partial charge on any atom is -0.375 e. The maximum atomic E-state index is 13.6. The van der Waals surface area contributed by atoms with Crippen LogP contribution in [-0.4, -0.2) is 16.8 Å². The first kappa shape index (κ1) is 24.9. The van der Waals surface area contributed by atoms with Crippen molar-refractivity contribution in [2.75, 3.05) is 5.32 Å². The van der Waals surface area contributed by atoms with Gasteiger partial charge in [-0.15, -0.1) is 0 Å². The maximum absolute atomic E-state index is 13.6. The lowest BCUT2D eigenvalue weighted by Crippen LogP contribution is -2.42. The minimum atomic E-state index is -1.91. The molecule has 0 aliphatic carbocycles. The molecule has 0 aromatic heterocycles. The average Bonchev–Trinajstić information content (AvgIpc) is 2.89. The quantitative estimate of drug-likeness (QED) is 0.301. The SMILES string of the molecule is CC(=O)c1ccc(-c2ccccc2CC(O)(C(=O)Nc2ccc(C#N)c(Cl)c2)c2ccccc2)cc1. The fourth-order valence-corrected chi connectivity index (χ4v) is 4.28. The number of hydrogen-bond donors (Lipinski definition) is 2. The van der Waals surface area contributed by atoms with E-state index in [1.54, 1.807) is 42.5 Å². The third-order valence-electron chi connectivity index (χ3n) is 6.04. The van der Waals surface area contributed by atoms with Crippen LogP contribution < -0.4 is 5.32 Å². The van der Waals surface area contributed by atoms with Crippen LogP contribution in [0.2, 0.25) is 5.02 Å². The van der Waals surface area contributed by atoms with Crippen LogP contribution in [-0.2, 0) is 16.8 Å². The molecular weight excluding hydrogens is 472 g/mol. The molecule has 4 aromatic rings. The molecule has 178 valence electrons. The summed E-state index contributed by atoms with van der Waals surface area (Å²) in [7, 11) is 0. The van der Waals surface area contributed by atoms with Crippen molar-refractivity contribution in [2.24, 2.45) is 0 Å². The number of rotatable bonds is 7. The van der Waals surface area contributed by atoms with Crippen molar-refractivity contribution in [3.8, 4) is 17.2 Å². The fraction of sp³-hybridized carbons (Fsp3) is 0.100. The summed E-state index contributed by atoms with van der Waals surface area (Å²) in [5, 5.41) is 24.0. The van der Waals surface area contributed by atoms with Gasteiger partial charge < -0.3 is 10.4 Å². The van der Waals surface area contributed by atoms with Gasteiger partial charge in [-0.3, -0.25) is 9.59 Å². The van der Waals surface area contributed by atoms with E-state index in [1.807, 2.05) is 48.5 Å². The second-order valence-corrected chi connectivity index (χ2v) is 8.86. The van der Waals surface area contributed by atoms with Crippen LogP contribution in [0.15, 0.2) is 97.1 Å². The van der Waals surface area contributed by atoms with Gasteiger partial charge in [0, 0.05) is 17.7 Å². The Balaban J connectivity index is 1.72. The van der Waals surface area contributed by atoms with Gasteiger partial charge in [0.2, 0.25) is 0 Å². The lowest BCUT2D eigenvalue weighted by molar-refractivity contribution is -0.135. The van der Waals surface area contributed by atoms with Gasteiger partial charge in [-0.05, 0) is 47.4 Å². The van der Waals surface area contributed by atoms with Crippen molar-refractivity contribution in [3.05, 3.63) is 124 Å². The molecule has 0 aliphatic heterocycles. The Bertz CT molecular complexity index is 1460. The summed E-state index contributed by atoms with van der Waals surface area (Å²) < 4.78 is 0. The van der Waals surface area contributed by atoms with E-state index in [-0.39, 0.29) is 22.8 Å². The highest BCUT2D eigenvalue weighted by Crippen LogP contribution is 2.33. The van der Waals surface area contributed by atoms with Crippen LogP contribution in [0.25, 0.3) is 11.1 Å². The van der Waals surface area contributed by atoms with Gasteiger partial charge in [0.15, 0.2) is 11.4 Å². The first-order valence-corrected chi connectivity index (χ1v) is 11.7. The van der Waals surface area contributed by atoms with E-state index in [0.717, 1.165) is 16.7 Å². The Morgan fingerprint density at radius 1 is 0.944 bits per heavy atom. The highest BCUT2D eigenvalue weighted by Gasteiger charge is 2.39. The summed E-state index contributed by atoms with van der Waals surface area (Å²) in [6, 6.07) is 30.1. The first-order chi connectivity index (χ1) is 17.3. The van der Waals surface area contributed by atoms with Crippen LogP contribution in [0, 0.1) is 11.3 Å². The molecule has 36 heavy (non-hydrogen) atoms. The predicted molar refractivity (Wildman–Crippen MR) is 141 cm³/mol. The van der Waals surface area contributed by atoms with Crippen LogP contribution in [0.3, 0.4) is 0 Å². The number of nitrogens with zero attached hydrogens (tertiary/aromatic N) is 1. The Morgan fingerprint density at radius 3 is 2.25 bits per heavy atom. The normalized spacial score (nSPS) is 12.3. The lowest BCUT2D eigenvalue weighted by Gasteiger charge is -2.29. The molecule has 0 spiro atoms. The fourth-order valence-electron chi connectivity index (χ4n) is 4.06. The zero-order valence-electron chi connectivity index (χ0n) is 19.5. The van der Waals surface area contributed by atoms with Gasteiger partial charge in [-0.2, -0.15) is 5.26 Å². The number of carbonyl (C=O) groups is 2. The van der Waals surface area contributed by atoms with E-state index in [4.69, 9.17) is 16.9 Å². The summed E-state index contributed by atoms with van der Waals surface area (Å²) in [6.45, 7) is 1.52. The smallest absolute Gasteiger partial charge is 0.261 e. The standard InChI is InChI=1S/C30H23ClN2O3/c1-20(34)21-11-13-22(14-12-21)27-10-6-5-7-23(27)18-30(36,25-8-3-2-4-9-25)29(35)33-26-16-15-24(19-32)28(31)17-26/h2-17,36H,18H2,1H3,(H,33,35). The van der Waals surface area contributed by atoms with E-state index >= 15 is 0 Å². The van der Waals surface area contributed by atoms with Crippen LogP contribution in [0.4, 0.5) is 5.69 Å². The molecule has 0 fully saturated rings. The van der Waals surface area contributed by atoms with Gasteiger partial charge in [0.05, 0.1) is 10.6 Å². The number of nitrogens with one attached hydrogen (secondary N) is 1. The summed E-state index contributed by atoms with van der Waals surface area (Å²) in [6.07, 6.45) is -0.00249. The number of amides is 1. The number of hydrogen-bond acceptors (Lipinski definition) is 4. The Labute approximate surface area is 214 Å². The third kappa shape index (κ3) is 5.21. The molecule has 1 atom stereocenters. The minimum absolute atomic E-state index is 0.00249. The molecule has 0 aliphatic rings. The number of ketones is 1. The van der Waals surface area contributed by atoms with Gasteiger partial charge >= 0.3 is 0 Å². The Kier molecular flexibility index (Phi) is 7.30. The highest BCUT2D eigenvalue weighted by molar-refractivity contribution is 6.32. The number of Topliss-reactive ketones (excluding diaryl/α,β-unsaturated/α-hetero) is 1. The topological polar surface area (TPSA) is 90.2 Å². The molecule has 6 heteroatoms. The summed E-state index contributed by atoms with van der Waals surface area (Å²) in [4.78, 5) is 25.3. The van der Waals surface area contributed by atoms with Crippen molar-refractivity contribution in [3.63, 3.8) is 0 Å². The van der Waals surface area contributed by atoms with Gasteiger partial charge in [0.1, 0.15) is 6.07 Å². The molecule has 0 heterocycles. The number of nitriles is 1. The summed E-state index contributed by atoms with van der Waals surface area (Å²) in [5.41, 5.74) is 2.26. The summed E-state index contributed by atoms with van der Waals surface area (Å²) in [5.74, 6) is -0.649. The molecule has 5 nitrogen and oxygen atoms in total. The zero-order chi connectivity index (χ0) is 25.7. The van der Waals surface area contributed by atoms with Gasteiger partial charge in [-0.25, -0.2) is 0 Å². The monoisotopic (exact) mass is 494 g/mol. The van der Waals surface area contributed by atoms with Gasteiger partial charge in [0.25, 0.3) is 5.91 Å². The molecule has 1 unspecified atom stereocenters. The van der Waals surface area contributed by atoms with E-state index in [1.165, 1.54) is 19.1 Å². The molecule has 0 radical (unpaired) electrons. The number of benzene rings is 4. The van der Waals surface area contributed by atoms with Crippen LogP contribution >= 0.6 is 11.6 Å². The lowest BCUT2D eigenvalue weighted by atomic mass is 9.83. The number of carbonyl (C=O) groups excluding carboxylic acids is 2. The average molecular weight is 495 g/mol. The van der Waals surface area contributed by atoms with E-state index in [0.29, 0.717) is 16.8 Å². The Morgan fingerprint density at radius 2 is 1.61 bits per heavy atom. The number of halogens is 1. The highest BCUT2D eigenvalue weighted by atomic mass is 35.5.